The number of nitrogens with zero attached hydrogens (tertiary/aromatic N) is 3. The molecule has 2 aliphatic heterocycles. The number of aliphatic hydroxyl groups is 1. The predicted octanol–water partition coefficient (Wildman–Crippen LogP) is 3.10. The van der Waals surface area contributed by atoms with Gasteiger partial charge in [-0.25, -0.2) is 4.98 Å². The Morgan fingerprint density at radius 3 is 2.72 bits per heavy atom. The highest BCUT2D eigenvalue weighted by atomic mass is 35.5. The van der Waals surface area contributed by atoms with Crippen molar-refractivity contribution in [3.63, 3.8) is 0 Å². The van der Waals surface area contributed by atoms with Crippen molar-refractivity contribution in [1.29, 1.82) is 0 Å². The molecule has 8 heteroatoms. The fraction of sp³-hybridized carbons (Fsp3) is 0.476. The van der Waals surface area contributed by atoms with Gasteiger partial charge in [0.05, 0.1) is 12.1 Å². The third-order valence-electron chi connectivity index (χ3n) is 5.86. The summed E-state index contributed by atoms with van der Waals surface area (Å²) in [7, 11) is 0. The number of likely N-dealkylation sites (tertiary alicyclic amines) is 1. The van der Waals surface area contributed by atoms with E-state index in [2.05, 4.69) is 4.98 Å². The average molecular weight is 434 g/mol. The van der Waals surface area contributed by atoms with Crippen molar-refractivity contribution in [2.75, 3.05) is 24.5 Å². The van der Waals surface area contributed by atoms with E-state index in [0.29, 0.717) is 35.4 Å². The zero-order valence-electron chi connectivity index (χ0n) is 16.7. The molecule has 2 aliphatic rings. The SMILES string of the molecule is CC(=O)N1CCC2(C1)CN(C(=O)Cc1nc(C(C)(C)O)cs1)c1ccc(Cl)cc12. The summed E-state index contributed by atoms with van der Waals surface area (Å²) in [5.41, 5.74) is 1.17. The normalized spacial score (nSPS) is 21.1. The Kier molecular flexibility index (Phi) is 4.96. The third-order valence-corrected chi connectivity index (χ3v) is 6.95. The van der Waals surface area contributed by atoms with Crippen molar-refractivity contribution < 1.29 is 14.7 Å². The molecule has 2 amide bonds. The predicted molar refractivity (Wildman–Crippen MR) is 113 cm³/mol. The molecule has 1 atom stereocenters. The van der Waals surface area contributed by atoms with Crippen LogP contribution in [-0.4, -0.2) is 46.4 Å². The van der Waals surface area contributed by atoms with E-state index >= 15 is 0 Å². The summed E-state index contributed by atoms with van der Waals surface area (Å²) in [6.07, 6.45) is 0.985. The van der Waals surface area contributed by atoms with Gasteiger partial charge in [-0.15, -0.1) is 11.3 Å². The van der Waals surface area contributed by atoms with E-state index in [1.165, 1.54) is 11.3 Å². The Hall–Kier alpha value is -1.96. The van der Waals surface area contributed by atoms with Crippen molar-refractivity contribution in [2.24, 2.45) is 0 Å². The second-order valence-electron chi connectivity index (χ2n) is 8.47. The summed E-state index contributed by atoms with van der Waals surface area (Å²) in [4.78, 5) is 33.2. The van der Waals surface area contributed by atoms with Crippen LogP contribution in [0.4, 0.5) is 5.69 Å². The van der Waals surface area contributed by atoms with Gasteiger partial charge in [0.1, 0.15) is 10.6 Å². The molecule has 6 nitrogen and oxygen atoms in total. The van der Waals surface area contributed by atoms with Gasteiger partial charge in [-0.2, -0.15) is 0 Å². The highest BCUT2D eigenvalue weighted by Crippen LogP contribution is 2.47. The number of carbonyl (C=O) groups excluding carboxylic acids is 2. The summed E-state index contributed by atoms with van der Waals surface area (Å²) >= 11 is 7.65. The van der Waals surface area contributed by atoms with E-state index < -0.39 is 5.60 Å². The zero-order chi connectivity index (χ0) is 21.0. The lowest BCUT2D eigenvalue weighted by Crippen LogP contribution is -2.40. The number of amides is 2. The summed E-state index contributed by atoms with van der Waals surface area (Å²) in [6, 6.07) is 5.63. The molecule has 154 valence electrons. The number of rotatable bonds is 3. The van der Waals surface area contributed by atoms with Crippen molar-refractivity contribution in [2.45, 2.75) is 44.6 Å². The lowest BCUT2D eigenvalue weighted by atomic mass is 9.81. The van der Waals surface area contributed by atoms with Crippen LogP contribution in [0.5, 0.6) is 0 Å². The topological polar surface area (TPSA) is 73.7 Å². The maximum absolute atomic E-state index is 13.2. The molecule has 1 aromatic heterocycles. The molecule has 29 heavy (non-hydrogen) atoms. The van der Waals surface area contributed by atoms with Gasteiger partial charge in [0, 0.05) is 48.1 Å². The highest BCUT2D eigenvalue weighted by molar-refractivity contribution is 7.09. The molecule has 1 N–H and O–H groups in total. The van der Waals surface area contributed by atoms with E-state index in [1.54, 1.807) is 37.1 Å². The van der Waals surface area contributed by atoms with Crippen LogP contribution in [0.1, 0.15) is 43.5 Å². The highest BCUT2D eigenvalue weighted by Gasteiger charge is 2.49. The molecule has 1 saturated heterocycles. The number of aromatic nitrogens is 1. The second-order valence-corrected chi connectivity index (χ2v) is 9.85. The molecule has 4 rings (SSSR count). The molecule has 0 aliphatic carbocycles. The van der Waals surface area contributed by atoms with Gasteiger partial charge in [-0.1, -0.05) is 11.6 Å². The van der Waals surface area contributed by atoms with Crippen LogP contribution in [0.2, 0.25) is 5.02 Å². The second kappa shape index (κ2) is 7.07. The van der Waals surface area contributed by atoms with Crippen LogP contribution in [0, 0.1) is 0 Å². The van der Waals surface area contributed by atoms with E-state index in [-0.39, 0.29) is 23.7 Å². The molecule has 2 aromatic rings. The van der Waals surface area contributed by atoms with Crippen LogP contribution in [-0.2, 0) is 27.0 Å². The van der Waals surface area contributed by atoms with Gasteiger partial charge in [-0.3, -0.25) is 9.59 Å². The van der Waals surface area contributed by atoms with Crippen LogP contribution in [0.3, 0.4) is 0 Å². The van der Waals surface area contributed by atoms with Gasteiger partial charge in [0.2, 0.25) is 11.8 Å². The Labute approximate surface area is 179 Å². The number of halogens is 1. The van der Waals surface area contributed by atoms with E-state index in [0.717, 1.165) is 17.7 Å². The number of hydrogen-bond acceptors (Lipinski definition) is 5. The summed E-state index contributed by atoms with van der Waals surface area (Å²) in [6.45, 7) is 6.76. The van der Waals surface area contributed by atoms with Gasteiger partial charge in [-0.05, 0) is 44.0 Å². The molecule has 0 saturated carbocycles. The first-order chi connectivity index (χ1) is 13.6. The number of fused-ring (bicyclic) bond motifs is 2. The van der Waals surface area contributed by atoms with Gasteiger partial charge in [0.15, 0.2) is 0 Å². The van der Waals surface area contributed by atoms with Gasteiger partial charge >= 0.3 is 0 Å². The molecule has 1 unspecified atom stereocenters. The Bertz CT molecular complexity index is 984. The van der Waals surface area contributed by atoms with Crippen molar-refractivity contribution in [3.05, 3.63) is 44.9 Å². The van der Waals surface area contributed by atoms with Crippen molar-refractivity contribution in [3.8, 4) is 0 Å². The third kappa shape index (κ3) is 3.67. The Morgan fingerprint density at radius 2 is 2.10 bits per heavy atom. The quantitative estimate of drug-likeness (QED) is 0.807. The first kappa shape index (κ1) is 20.3. The van der Waals surface area contributed by atoms with Crippen LogP contribution >= 0.6 is 22.9 Å². The molecule has 1 spiro atoms. The summed E-state index contributed by atoms with van der Waals surface area (Å²) in [5, 5.41) is 13.2. The minimum atomic E-state index is -1.03. The number of anilines is 1. The summed E-state index contributed by atoms with van der Waals surface area (Å²) in [5.74, 6) is 0.0144. The van der Waals surface area contributed by atoms with E-state index in [4.69, 9.17) is 11.6 Å². The smallest absolute Gasteiger partial charge is 0.233 e. The minimum absolute atomic E-state index is 0.0385. The lowest BCUT2D eigenvalue weighted by molar-refractivity contribution is -0.127. The summed E-state index contributed by atoms with van der Waals surface area (Å²) < 4.78 is 0. The largest absolute Gasteiger partial charge is 0.384 e. The fourth-order valence-corrected chi connectivity index (χ4v) is 5.37. The molecule has 1 aromatic carbocycles. The Balaban J connectivity index is 1.61. The maximum atomic E-state index is 13.2. The molecule has 3 heterocycles. The zero-order valence-corrected chi connectivity index (χ0v) is 18.3. The lowest BCUT2D eigenvalue weighted by Gasteiger charge is -2.25. The molecule has 1 fully saturated rings. The van der Waals surface area contributed by atoms with Crippen LogP contribution in [0.15, 0.2) is 23.6 Å². The molecular formula is C21H24ClN3O3S. The maximum Gasteiger partial charge on any atom is 0.233 e. The fourth-order valence-electron chi connectivity index (χ4n) is 4.25. The molecular weight excluding hydrogens is 410 g/mol. The first-order valence-electron chi connectivity index (χ1n) is 9.62. The van der Waals surface area contributed by atoms with Gasteiger partial charge < -0.3 is 14.9 Å². The molecule has 0 bridgehead atoms. The number of benzene rings is 1. The average Bonchev–Trinajstić information content (AvgIpc) is 3.33. The van der Waals surface area contributed by atoms with Crippen LogP contribution in [0.25, 0.3) is 0 Å². The van der Waals surface area contributed by atoms with Crippen molar-refractivity contribution in [1.82, 2.24) is 9.88 Å². The van der Waals surface area contributed by atoms with Gasteiger partial charge in [0.25, 0.3) is 0 Å². The molecule has 0 radical (unpaired) electrons. The van der Waals surface area contributed by atoms with E-state index in [1.807, 2.05) is 17.0 Å². The minimum Gasteiger partial charge on any atom is -0.384 e. The number of hydrogen-bond donors (Lipinski definition) is 1. The number of carbonyl (C=O) groups is 2. The first-order valence-corrected chi connectivity index (χ1v) is 10.9. The van der Waals surface area contributed by atoms with Crippen LogP contribution < -0.4 is 4.90 Å². The monoisotopic (exact) mass is 433 g/mol. The van der Waals surface area contributed by atoms with Crippen molar-refractivity contribution >= 4 is 40.4 Å². The van der Waals surface area contributed by atoms with E-state index in [9.17, 15) is 14.7 Å². The standard InChI is InChI=1S/C21H24ClN3O3S/c1-13(26)24-7-6-21(11-24)12-25(16-5-4-14(22)8-15(16)21)19(27)9-18-23-17(10-29-18)20(2,3)28/h4-5,8,10,28H,6-7,9,11-12H2,1-3H3. The Morgan fingerprint density at radius 1 is 1.34 bits per heavy atom. The number of thiazole rings is 1.